The quantitative estimate of drug-likeness (QED) is 0.328. The van der Waals surface area contributed by atoms with Crippen LogP contribution in [-0.2, 0) is 12.8 Å². The molecule has 0 aliphatic heterocycles. The Morgan fingerprint density at radius 3 is 2.24 bits per heavy atom. The van der Waals surface area contributed by atoms with Crippen LogP contribution in [0.1, 0.15) is 25.0 Å². The van der Waals surface area contributed by atoms with E-state index in [0.717, 1.165) is 41.0 Å². The van der Waals surface area contributed by atoms with Gasteiger partial charge in [-0.2, -0.15) is 0 Å². The summed E-state index contributed by atoms with van der Waals surface area (Å²) in [7, 11) is 1.58. The predicted molar refractivity (Wildman–Crippen MR) is 137 cm³/mol. The Bertz CT molecular complexity index is 1290. The van der Waals surface area contributed by atoms with Crippen LogP contribution in [0.25, 0.3) is 22.5 Å². The fourth-order valence-electron chi connectivity index (χ4n) is 3.75. The molecular formula is C27H28N6O. The van der Waals surface area contributed by atoms with E-state index in [9.17, 15) is 4.79 Å². The molecule has 2 aromatic carbocycles. The Labute approximate surface area is 199 Å². The number of benzene rings is 2. The maximum Gasteiger partial charge on any atom is 0.318 e. The Kier molecular flexibility index (Phi) is 7.13. The van der Waals surface area contributed by atoms with Crippen molar-refractivity contribution in [2.24, 2.45) is 0 Å². The van der Waals surface area contributed by atoms with Crippen molar-refractivity contribution in [3.05, 3.63) is 84.2 Å². The average molecular weight is 453 g/mol. The number of aromatic nitrogens is 3. The van der Waals surface area contributed by atoms with E-state index in [4.69, 9.17) is 4.98 Å². The number of nitrogens with zero attached hydrogens (tertiary/aromatic N) is 3. The van der Waals surface area contributed by atoms with Gasteiger partial charge in [-0.25, -0.2) is 14.8 Å². The van der Waals surface area contributed by atoms with E-state index in [1.165, 1.54) is 11.1 Å². The molecule has 0 unspecified atom stereocenters. The van der Waals surface area contributed by atoms with Crippen molar-refractivity contribution >= 4 is 23.4 Å². The van der Waals surface area contributed by atoms with E-state index in [1.54, 1.807) is 19.4 Å². The summed E-state index contributed by atoms with van der Waals surface area (Å²) in [6, 6.07) is 19.5. The zero-order valence-electron chi connectivity index (χ0n) is 19.6. The second kappa shape index (κ2) is 10.6. The van der Waals surface area contributed by atoms with Crippen molar-refractivity contribution in [2.45, 2.75) is 26.7 Å². The van der Waals surface area contributed by atoms with Gasteiger partial charge >= 0.3 is 6.03 Å². The van der Waals surface area contributed by atoms with Crippen molar-refractivity contribution in [3.63, 3.8) is 0 Å². The number of hydrogen-bond donors (Lipinski definition) is 3. The lowest BCUT2D eigenvalue weighted by molar-refractivity contribution is 0.254. The third-order valence-corrected chi connectivity index (χ3v) is 5.60. The minimum absolute atomic E-state index is 0.256. The maximum absolute atomic E-state index is 11.5. The van der Waals surface area contributed by atoms with E-state index in [1.807, 2.05) is 42.5 Å². The highest BCUT2D eigenvalue weighted by atomic mass is 16.2. The van der Waals surface area contributed by atoms with Gasteiger partial charge in [0.05, 0.1) is 11.4 Å². The number of rotatable bonds is 7. The Morgan fingerprint density at radius 2 is 1.50 bits per heavy atom. The summed E-state index contributed by atoms with van der Waals surface area (Å²) < 4.78 is 0. The number of amides is 2. The summed E-state index contributed by atoms with van der Waals surface area (Å²) in [6.45, 7) is 4.34. The molecule has 0 spiro atoms. The van der Waals surface area contributed by atoms with Crippen LogP contribution >= 0.6 is 0 Å². The molecule has 0 radical (unpaired) electrons. The minimum Gasteiger partial charge on any atom is -0.341 e. The van der Waals surface area contributed by atoms with Crippen LogP contribution in [0, 0.1) is 0 Å². The third kappa shape index (κ3) is 5.38. The zero-order chi connectivity index (χ0) is 23.9. The Morgan fingerprint density at radius 1 is 0.765 bits per heavy atom. The first-order valence-electron chi connectivity index (χ1n) is 11.4. The molecule has 4 aromatic rings. The van der Waals surface area contributed by atoms with Crippen LogP contribution in [0.15, 0.2) is 73.1 Å². The molecule has 0 aliphatic rings. The van der Waals surface area contributed by atoms with Crippen molar-refractivity contribution in [2.75, 3.05) is 17.7 Å². The molecule has 7 nitrogen and oxygen atoms in total. The summed E-state index contributed by atoms with van der Waals surface area (Å²) in [4.78, 5) is 25.1. The van der Waals surface area contributed by atoms with Gasteiger partial charge in [-0.1, -0.05) is 32.0 Å². The summed E-state index contributed by atoms with van der Waals surface area (Å²) >= 11 is 0. The highest BCUT2D eigenvalue weighted by Gasteiger charge is 2.08. The number of hydrogen-bond acceptors (Lipinski definition) is 5. The van der Waals surface area contributed by atoms with Crippen LogP contribution in [0.2, 0.25) is 0 Å². The van der Waals surface area contributed by atoms with E-state index < -0.39 is 0 Å². The number of urea groups is 1. The van der Waals surface area contributed by atoms with Gasteiger partial charge in [0.25, 0.3) is 0 Å². The maximum atomic E-state index is 11.5. The molecule has 0 saturated carbocycles. The van der Waals surface area contributed by atoms with Gasteiger partial charge in [-0.3, -0.25) is 4.98 Å². The molecule has 0 fully saturated rings. The predicted octanol–water partition coefficient (Wildman–Crippen LogP) is 5.83. The summed E-state index contributed by atoms with van der Waals surface area (Å²) in [5, 5.41) is 8.62. The molecule has 2 amide bonds. The highest BCUT2D eigenvalue weighted by Crippen LogP contribution is 2.26. The molecule has 2 heterocycles. The van der Waals surface area contributed by atoms with Gasteiger partial charge in [0.15, 0.2) is 0 Å². The second-order valence-corrected chi connectivity index (χ2v) is 7.79. The fraction of sp³-hybridized carbons (Fsp3) is 0.185. The van der Waals surface area contributed by atoms with Crippen molar-refractivity contribution in [3.8, 4) is 22.5 Å². The van der Waals surface area contributed by atoms with Gasteiger partial charge in [0.1, 0.15) is 0 Å². The molecule has 0 aliphatic carbocycles. The molecule has 0 bridgehead atoms. The van der Waals surface area contributed by atoms with Gasteiger partial charge in [0, 0.05) is 41.9 Å². The lowest BCUT2D eigenvalue weighted by Crippen LogP contribution is -2.24. The van der Waals surface area contributed by atoms with Crippen molar-refractivity contribution in [1.29, 1.82) is 0 Å². The SMILES string of the molecule is CCc1ccc(Nc2nccc(-c3ccnc(-c4ccc(NC(=O)NC)cc4)c3)n2)cc1CC. The van der Waals surface area contributed by atoms with Crippen molar-refractivity contribution < 1.29 is 4.79 Å². The molecule has 0 atom stereocenters. The summed E-state index contributed by atoms with van der Waals surface area (Å²) in [6.07, 6.45) is 5.54. The molecule has 0 saturated heterocycles. The highest BCUT2D eigenvalue weighted by molar-refractivity contribution is 5.89. The second-order valence-electron chi connectivity index (χ2n) is 7.79. The van der Waals surface area contributed by atoms with E-state index in [2.05, 4.69) is 58.0 Å². The van der Waals surface area contributed by atoms with Crippen LogP contribution in [0.3, 0.4) is 0 Å². The first kappa shape index (κ1) is 22.9. The number of pyridine rings is 1. The molecule has 34 heavy (non-hydrogen) atoms. The average Bonchev–Trinajstić information content (AvgIpc) is 2.89. The van der Waals surface area contributed by atoms with Gasteiger partial charge in [-0.15, -0.1) is 0 Å². The molecular weight excluding hydrogens is 424 g/mol. The monoisotopic (exact) mass is 452 g/mol. The van der Waals surface area contributed by atoms with Crippen LogP contribution in [0.5, 0.6) is 0 Å². The summed E-state index contributed by atoms with van der Waals surface area (Å²) in [5.41, 5.74) is 7.90. The number of nitrogens with one attached hydrogen (secondary N) is 3. The van der Waals surface area contributed by atoms with Crippen LogP contribution < -0.4 is 16.0 Å². The lowest BCUT2D eigenvalue weighted by Gasteiger charge is -2.11. The Hall–Kier alpha value is -4.26. The van der Waals surface area contributed by atoms with E-state index in [0.29, 0.717) is 11.6 Å². The first-order chi connectivity index (χ1) is 16.6. The van der Waals surface area contributed by atoms with Gasteiger partial charge in [0.2, 0.25) is 5.95 Å². The van der Waals surface area contributed by atoms with Gasteiger partial charge in [-0.05, 0) is 66.4 Å². The smallest absolute Gasteiger partial charge is 0.318 e. The van der Waals surface area contributed by atoms with Crippen molar-refractivity contribution in [1.82, 2.24) is 20.3 Å². The lowest BCUT2D eigenvalue weighted by atomic mass is 10.0. The summed E-state index contributed by atoms with van der Waals surface area (Å²) in [5.74, 6) is 0.548. The van der Waals surface area contributed by atoms with E-state index in [-0.39, 0.29) is 6.03 Å². The molecule has 172 valence electrons. The molecule has 4 rings (SSSR count). The zero-order valence-corrected chi connectivity index (χ0v) is 19.6. The standard InChI is InChI=1S/C27H28N6O/c1-4-18-6-11-23(16-19(18)5-2)31-26-30-15-13-24(33-26)21-12-14-29-25(17-21)20-7-9-22(10-8-20)32-27(34)28-3/h6-17H,4-5H2,1-3H3,(H2,28,32,34)(H,30,31,33). The van der Waals surface area contributed by atoms with Crippen LogP contribution in [-0.4, -0.2) is 28.0 Å². The Balaban J connectivity index is 1.55. The van der Waals surface area contributed by atoms with Crippen LogP contribution in [0.4, 0.5) is 22.1 Å². The van der Waals surface area contributed by atoms with Gasteiger partial charge < -0.3 is 16.0 Å². The number of anilines is 3. The third-order valence-electron chi connectivity index (χ3n) is 5.60. The molecule has 7 heteroatoms. The molecule has 3 N–H and O–H groups in total. The minimum atomic E-state index is -0.256. The fourth-order valence-corrected chi connectivity index (χ4v) is 3.75. The first-order valence-corrected chi connectivity index (χ1v) is 11.4. The number of carbonyl (C=O) groups is 1. The normalized spacial score (nSPS) is 10.6. The molecule has 2 aromatic heterocycles. The topological polar surface area (TPSA) is 91.8 Å². The van der Waals surface area contributed by atoms with E-state index >= 15 is 0 Å². The number of aryl methyl sites for hydroxylation is 2. The number of carbonyl (C=O) groups excluding carboxylic acids is 1. The largest absolute Gasteiger partial charge is 0.341 e.